The molecule has 70 valence electrons. The summed E-state index contributed by atoms with van der Waals surface area (Å²) in [5.74, 6) is 0. The van der Waals surface area contributed by atoms with Gasteiger partial charge in [-0.25, -0.2) is 0 Å². The third kappa shape index (κ3) is 3.32. The van der Waals surface area contributed by atoms with Gasteiger partial charge in [0.25, 0.3) is 0 Å². The molecule has 0 spiro atoms. The van der Waals surface area contributed by atoms with E-state index in [-0.39, 0.29) is 3.80 Å². The third-order valence-corrected chi connectivity index (χ3v) is 3.72. The van der Waals surface area contributed by atoms with Crippen molar-refractivity contribution in [2.75, 3.05) is 0 Å². The molecule has 1 aromatic carbocycles. The quantitative estimate of drug-likeness (QED) is 0.633. The summed E-state index contributed by atoms with van der Waals surface area (Å²) in [6.07, 6.45) is 1.38. The van der Waals surface area contributed by atoms with E-state index in [2.05, 4.69) is 0 Å². The van der Waals surface area contributed by atoms with Crippen molar-refractivity contribution < 1.29 is 13.0 Å². The Hall–Kier alpha value is -0.611. The van der Waals surface area contributed by atoms with Crippen LogP contribution in [0.25, 0.3) is 6.08 Å². The average Bonchev–Trinajstić information content (AvgIpc) is 2.04. The Bertz CT molecular complexity index is 408. The Balaban J connectivity index is 3.04. The van der Waals surface area contributed by atoms with Crippen molar-refractivity contribution in [3.05, 3.63) is 39.7 Å². The molecule has 0 aliphatic carbocycles. The van der Waals surface area contributed by atoms with Crippen molar-refractivity contribution in [1.82, 2.24) is 0 Å². The second-order valence-corrected chi connectivity index (χ2v) is 5.43. The molecule has 0 aliphatic rings. The standard InChI is InChI=1S/C8H8O3SSe/c9-12(10,11)8(13)6-7-4-2-1-3-5-7/h1-6,13H,(H,9,10,11). The fraction of sp³-hybridized carbons (Fsp3) is 0. The molecule has 1 rings (SSSR count). The van der Waals surface area contributed by atoms with Crippen LogP contribution in [0.3, 0.4) is 0 Å². The molecule has 0 bridgehead atoms. The van der Waals surface area contributed by atoms with E-state index in [4.69, 9.17) is 4.55 Å². The summed E-state index contributed by atoms with van der Waals surface area (Å²) in [7, 11) is -4.07. The third-order valence-electron chi connectivity index (χ3n) is 1.35. The Morgan fingerprint density at radius 1 is 1.31 bits per heavy atom. The molecule has 0 saturated heterocycles. The number of hydrogen-bond acceptors (Lipinski definition) is 2. The summed E-state index contributed by atoms with van der Waals surface area (Å²) < 4.78 is 29.7. The molecule has 0 unspecified atom stereocenters. The van der Waals surface area contributed by atoms with Gasteiger partial charge in [0, 0.05) is 0 Å². The molecular weight excluding hydrogens is 255 g/mol. The molecule has 0 amide bonds. The van der Waals surface area contributed by atoms with E-state index >= 15 is 0 Å². The molecule has 0 aromatic heterocycles. The second kappa shape index (κ2) is 4.07. The van der Waals surface area contributed by atoms with E-state index in [1.54, 1.807) is 24.3 Å². The van der Waals surface area contributed by atoms with Gasteiger partial charge in [0.2, 0.25) is 0 Å². The maximum absolute atomic E-state index is 10.6. The summed E-state index contributed by atoms with van der Waals surface area (Å²) in [6.45, 7) is 0. The molecule has 0 atom stereocenters. The normalized spacial score (nSPS) is 12.9. The van der Waals surface area contributed by atoms with Crippen molar-refractivity contribution in [2.24, 2.45) is 0 Å². The van der Waals surface area contributed by atoms with Crippen LogP contribution in [0.4, 0.5) is 0 Å². The maximum atomic E-state index is 10.6. The number of benzene rings is 1. The van der Waals surface area contributed by atoms with Crippen LogP contribution in [0, 0.1) is 0 Å². The van der Waals surface area contributed by atoms with Gasteiger partial charge < -0.3 is 0 Å². The molecule has 0 heterocycles. The predicted octanol–water partition coefficient (Wildman–Crippen LogP) is 0.774. The van der Waals surface area contributed by atoms with Crippen LogP contribution in [0.15, 0.2) is 34.1 Å². The topological polar surface area (TPSA) is 54.4 Å². The average molecular weight is 263 g/mol. The zero-order valence-electron chi connectivity index (χ0n) is 6.58. The van der Waals surface area contributed by atoms with Crippen molar-refractivity contribution in [3.63, 3.8) is 0 Å². The summed E-state index contributed by atoms with van der Waals surface area (Å²) in [6, 6.07) is 8.90. The molecule has 0 fully saturated rings. The van der Waals surface area contributed by atoms with Gasteiger partial charge in [-0.3, -0.25) is 0 Å². The van der Waals surface area contributed by atoms with Crippen LogP contribution < -0.4 is 0 Å². The first-order valence-corrected chi connectivity index (χ1v) is 5.81. The Morgan fingerprint density at radius 2 is 1.85 bits per heavy atom. The molecule has 0 radical (unpaired) electrons. The van der Waals surface area contributed by atoms with Crippen LogP contribution in [0.2, 0.25) is 0 Å². The van der Waals surface area contributed by atoms with Crippen LogP contribution in [0.5, 0.6) is 0 Å². The van der Waals surface area contributed by atoms with Gasteiger partial charge in [-0.15, -0.1) is 0 Å². The molecule has 1 aromatic rings. The van der Waals surface area contributed by atoms with Crippen LogP contribution in [-0.2, 0) is 10.1 Å². The van der Waals surface area contributed by atoms with Crippen LogP contribution in [0.1, 0.15) is 5.56 Å². The van der Waals surface area contributed by atoms with E-state index < -0.39 is 10.1 Å². The van der Waals surface area contributed by atoms with E-state index in [1.807, 2.05) is 22.1 Å². The van der Waals surface area contributed by atoms with Gasteiger partial charge in [0.05, 0.1) is 0 Å². The zero-order valence-corrected chi connectivity index (χ0v) is 9.28. The van der Waals surface area contributed by atoms with Gasteiger partial charge in [-0.1, -0.05) is 0 Å². The van der Waals surface area contributed by atoms with Crippen LogP contribution >= 0.6 is 0 Å². The van der Waals surface area contributed by atoms with Gasteiger partial charge in [0.15, 0.2) is 0 Å². The zero-order chi connectivity index (χ0) is 9.90. The van der Waals surface area contributed by atoms with Crippen LogP contribution in [-0.4, -0.2) is 29.0 Å². The van der Waals surface area contributed by atoms with Gasteiger partial charge >= 0.3 is 84.9 Å². The first-order chi connectivity index (χ1) is 6.00. The van der Waals surface area contributed by atoms with E-state index in [0.717, 1.165) is 5.56 Å². The predicted molar refractivity (Wildman–Crippen MR) is 53.1 cm³/mol. The summed E-state index contributed by atoms with van der Waals surface area (Å²) in [5, 5.41) is 0. The molecule has 13 heavy (non-hydrogen) atoms. The van der Waals surface area contributed by atoms with E-state index in [9.17, 15) is 8.42 Å². The van der Waals surface area contributed by atoms with Gasteiger partial charge in [-0.2, -0.15) is 0 Å². The molecule has 0 saturated carbocycles. The number of rotatable bonds is 2. The summed E-state index contributed by atoms with van der Waals surface area (Å²) in [5.41, 5.74) is 0.732. The minimum absolute atomic E-state index is 0.119. The molecule has 1 N–H and O–H groups in total. The molecule has 0 aliphatic heterocycles. The molecule has 5 heteroatoms. The Kier molecular flexibility index (Phi) is 3.27. The molecular formula is C8H8O3SSe. The first-order valence-electron chi connectivity index (χ1n) is 3.43. The summed E-state index contributed by atoms with van der Waals surface area (Å²) in [4.78, 5) is 0. The molecule has 3 nitrogen and oxygen atoms in total. The summed E-state index contributed by atoms with van der Waals surface area (Å²) >= 11 is 1.82. The van der Waals surface area contributed by atoms with Crippen molar-refractivity contribution in [2.45, 2.75) is 0 Å². The minimum atomic E-state index is -4.07. The Labute approximate surface area is 85.0 Å². The first kappa shape index (κ1) is 10.5. The van der Waals surface area contributed by atoms with Crippen molar-refractivity contribution >= 4 is 32.2 Å². The SMILES string of the molecule is O=S(=O)(O)C([SeH])=Cc1ccccc1. The van der Waals surface area contributed by atoms with Gasteiger partial charge in [-0.05, 0) is 0 Å². The fourth-order valence-electron chi connectivity index (χ4n) is 0.766. The number of hydrogen-bond donors (Lipinski definition) is 1. The van der Waals surface area contributed by atoms with Gasteiger partial charge in [0.1, 0.15) is 0 Å². The van der Waals surface area contributed by atoms with E-state index in [1.165, 1.54) is 6.08 Å². The monoisotopic (exact) mass is 264 g/mol. The second-order valence-electron chi connectivity index (χ2n) is 2.37. The van der Waals surface area contributed by atoms with E-state index in [0.29, 0.717) is 0 Å². The Morgan fingerprint density at radius 3 is 2.31 bits per heavy atom. The van der Waals surface area contributed by atoms with Crippen molar-refractivity contribution in [3.8, 4) is 0 Å². The fourth-order valence-corrected chi connectivity index (χ4v) is 1.36. The van der Waals surface area contributed by atoms with Crippen molar-refractivity contribution in [1.29, 1.82) is 0 Å².